The Labute approximate surface area is 110 Å². The summed E-state index contributed by atoms with van der Waals surface area (Å²) in [6.07, 6.45) is 6.22. The predicted octanol–water partition coefficient (Wildman–Crippen LogP) is 1.95. The predicted molar refractivity (Wildman–Crippen MR) is 71.6 cm³/mol. The van der Waals surface area contributed by atoms with E-state index in [1.54, 1.807) is 0 Å². The van der Waals surface area contributed by atoms with Crippen molar-refractivity contribution in [2.75, 3.05) is 13.1 Å². The Bertz CT molecular complexity index is 324. The Hall–Kier alpha value is -1.08. The maximum Gasteiger partial charge on any atom is 0.220 e. The molecule has 102 valence electrons. The van der Waals surface area contributed by atoms with Crippen molar-refractivity contribution in [2.45, 2.75) is 52.4 Å². The van der Waals surface area contributed by atoms with E-state index in [0.29, 0.717) is 19.5 Å². The lowest BCUT2D eigenvalue weighted by atomic mass is 9.71. The van der Waals surface area contributed by atoms with Crippen LogP contribution >= 0.6 is 0 Å². The van der Waals surface area contributed by atoms with Crippen LogP contribution in [0, 0.1) is 22.2 Å². The molecule has 1 aliphatic carbocycles. The van der Waals surface area contributed by atoms with Gasteiger partial charge < -0.3 is 11.1 Å². The van der Waals surface area contributed by atoms with E-state index in [0.717, 1.165) is 12.8 Å². The first kappa shape index (κ1) is 15.0. The number of nitriles is 1. The van der Waals surface area contributed by atoms with E-state index in [4.69, 9.17) is 11.0 Å². The molecule has 18 heavy (non-hydrogen) atoms. The number of amides is 1. The summed E-state index contributed by atoms with van der Waals surface area (Å²) in [5.41, 5.74) is 5.36. The summed E-state index contributed by atoms with van der Waals surface area (Å²) in [7, 11) is 0. The summed E-state index contributed by atoms with van der Waals surface area (Å²) in [5, 5.41) is 11.8. The second kappa shape index (κ2) is 6.19. The smallest absolute Gasteiger partial charge is 0.220 e. The minimum absolute atomic E-state index is 0.000874. The minimum Gasteiger partial charge on any atom is -0.355 e. The first-order chi connectivity index (χ1) is 8.43. The van der Waals surface area contributed by atoms with Crippen LogP contribution in [-0.4, -0.2) is 19.0 Å². The highest BCUT2D eigenvalue weighted by Crippen LogP contribution is 2.38. The number of carbonyl (C=O) groups is 1. The average molecular weight is 251 g/mol. The van der Waals surface area contributed by atoms with Crippen molar-refractivity contribution < 1.29 is 4.79 Å². The lowest BCUT2D eigenvalue weighted by Crippen LogP contribution is -2.40. The lowest BCUT2D eigenvalue weighted by molar-refractivity contribution is -0.124. The molecule has 1 amide bonds. The normalized spacial score (nSPS) is 19.0. The topological polar surface area (TPSA) is 78.9 Å². The Balaban J connectivity index is 2.45. The minimum atomic E-state index is -0.502. The van der Waals surface area contributed by atoms with Crippen LogP contribution in [0.15, 0.2) is 0 Å². The number of carbonyl (C=O) groups excluding carboxylic acids is 1. The molecule has 0 aromatic heterocycles. The van der Waals surface area contributed by atoms with Crippen LogP contribution in [0.4, 0.5) is 0 Å². The van der Waals surface area contributed by atoms with Gasteiger partial charge in [0.2, 0.25) is 5.91 Å². The molecule has 1 aliphatic rings. The fourth-order valence-electron chi connectivity index (χ4n) is 2.52. The van der Waals surface area contributed by atoms with Crippen molar-refractivity contribution >= 4 is 5.91 Å². The van der Waals surface area contributed by atoms with Crippen molar-refractivity contribution in [1.29, 1.82) is 5.26 Å². The Morgan fingerprint density at radius 2 is 2.00 bits per heavy atom. The first-order valence-corrected chi connectivity index (χ1v) is 6.81. The molecule has 0 atom stereocenters. The van der Waals surface area contributed by atoms with Gasteiger partial charge in [-0.25, -0.2) is 0 Å². The largest absolute Gasteiger partial charge is 0.355 e. The van der Waals surface area contributed by atoms with E-state index >= 15 is 0 Å². The fraction of sp³-hybridized carbons (Fsp3) is 0.857. The van der Waals surface area contributed by atoms with Gasteiger partial charge >= 0.3 is 0 Å². The highest BCUT2D eigenvalue weighted by Gasteiger charge is 2.33. The molecule has 0 spiro atoms. The van der Waals surface area contributed by atoms with Crippen molar-refractivity contribution in [3.8, 4) is 6.07 Å². The summed E-state index contributed by atoms with van der Waals surface area (Å²) in [5.74, 6) is 0.0330. The second-order valence-electron chi connectivity index (χ2n) is 6.21. The van der Waals surface area contributed by atoms with Crippen LogP contribution in [0.3, 0.4) is 0 Å². The molecule has 4 nitrogen and oxygen atoms in total. The van der Waals surface area contributed by atoms with E-state index in [9.17, 15) is 4.79 Å². The molecule has 4 heteroatoms. The van der Waals surface area contributed by atoms with E-state index in [-0.39, 0.29) is 11.3 Å². The van der Waals surface area contributed by atoms with E-state index < -0.39 is 5.41 Å². The molecule has 1 fully saturated rings. The molecule has 0 unspecified atom stereocenters. The number of nitrogens with zero attached hydrogens (tertiary/aromatic N) is 1. The maximum atomic E-state index is 12.0. The average Bonchev–Trinajstić information content (AvgIpc) is 2.38. The number of hydrogen-bond acceptors (Lipinski definition) is 3. The molecule has 0 radical (unpaired) electrons. The van der Waals surface area contributed by atoms with E-state index in [1.165, 1.54) is 19.3 Å². The highest BCUT2D eigenvalue weighted by atomic mass is 16.1. The summed E-state index contributed by atoms with van der Waals surface area (Å²) in [6, 6.07) is 2.18. The third-order valence-electron chi connectivity index (χ3n) is 3.91. The van der Waals surface area contributed by atoms with Crippen LogP contribution in [0.5, 0.6) is 0 Å². The summed E-state index contributed by atoms with van der Waals surface area (Å²) < 4.78 is 0. The number of rotatable bonds is 5. The monoisotopic (exact) mass is 251 g/mol. The van der Waals surface area contributed by atoms with Crippen LogP contribution in [0.2, 0.25) is 0 Å². The van der Waals surface area contributed by atoms with Crippen LogP contribution in [0.25, 0.3) is 0 Å². The molecule has 0 aromatic carbocycles. The van der Waals surface area contributed by atoms with Gasteiger partial charge in [0.05, 0.1) is 11.5 Å². The van der Waals surface area contributed by atoms with Gasteiger partial charge in [-0.15, -0.1) is 0 Å². The van der Waals surface area contributed by atoms with E-state index in [1.807, 2.05) is 13.8 Å². The summed E-state index contributed by atoms with van der Waals surface area (Å²) in [6.45, 7) is 4.64. The number of nitrogens with two attached hydrogens (primary N) is 1. The van der Waals surface area contributed by atoms with E-state index in [2.05, 4.69) is 11.4 Å². The molecule has 1 saturated carbocycles. The zero-order valence-corrected chi connectivity index (χ0v) is 11.6. The summed E-state index contributed by atoms with van der Waals surface area (Å²) >= 11 is 0. The zero-order valence-electron chi connectivity index (χ0n) is 11.6. The van der Waals surface area contributed by atoms with Gasteiger partial charge in [-0.1, -0.05) is 19.3 Å². The van der Waals surface area contributed by atoms with Gasteiger partial charge in [0.15, 0.2) is 0 Å². The Morgan fingerprint density at radius 3 is 2.50 bits per heavy atom. The highest BCUT2D eigenvalue weighted by molar-refractivity contribution is 5.76. The molecule has 0 aromatic rings. The lowest BCUT2D eigenvalue weighted by Gasteiger charge is -2.35. The molecular weight excluding hydrogens is 226 g/mol. The molecule has 0 saturated heterocycles. The Morgan fingerprint density at radius 1 is 1.39 bits per heavy atom. The molecular formula is C14H25N3O. The molecule has 0 aliphatic heterocycles. The molecule has 0 bridgehead atoms. The van der Waals surface area contributed by atoms with Crippen molar-refractivity contribution in [2.24, 2.45) is 16.6 Å². The van der Waals surface area contributed by atoms with Gasteiger partial charge in [0.25, 0.3) is 0 Å². The third-order valence-corrected chi connectivity index (χ3v) is 3.91. The van der Waals surface area contributed by atoms with Crippen LogP contribution in [-0.2, 0) is 4.79 Å². The van der Waals surface area contributed by atoms with Crippen LogP contribution in [0.1, 0.15) is 52.4 Å². The molecule has 1 rings (SSSR count). The van der Waals surface area contributed by atoms with Gasteiger partial charge in [-0.05, 0) is 38.6 Å². The van der Waals surface area contributed by atoms with Gasteiger partial charge in [-0.3, -0.25) is 4.79 Å². The van der Waals surface area contributed by atoms with Crippen molar-refractivity contribution in [3.05, 3.63) is 0 Å². The number of nitrogens with one attached hydrogen (secondary N) is 1. The van der Waals surface area contributed by atoms with Crippen molar-refractivity contribution in [1.82, 2.24) is 5.32 Å². The summed E-state index contributed by atoms with van der Waals surface area (Å²) in [4.78, 5) is 12.0. The van der Waals surface area contributed by atoms with Crippen molar-refractivity contribution in [3.63, 3.8) is 0 Å². The fourth-order valence-corrected chi connectivity index (χ4v) is 2.52. The van der Waals surface area contributed by atoms with Gasteiger partial charge in [0.1, 0.15) is 0 Å². The van der Waals surface area contributed by atoms with Gasteiger partial charge in [0, 0.05) is 13.0 Å². The third kappa shape index (κ3) is 4.30. The number of hydrogen-bond donors (Lipinski definition) is 2. The Kier molecular flexibility index (Phi) is 5.15. The quantitative estimate of drug-likeness (QED) is 0.784. The second-order valence-corrected chi connectivity index (χ2v) is 6.21. The molecule has 3 N–H and O–H groups in total. The standard InChI is InChI=1S/C14H25N3O/c1-13(2,9-15)11-17-12(18)8-14(10-16)6-4-3-5-7-14/h3-8,10-11,16H2,1-2H3,(H,17,18). The first-order valence-electron chi connectivity index (χ1n) is 6.81. The zero-order chi connectivity index (χ0) is 13.6. The van der Waals surface area contributed by atoms with Crippen LogP contribution < -0.4 is 11.1 Å². The van der Waals surface area contributed by atoms with Gasteiger partial charge in [-0.2, -0.15) is 5.26 Å². The maximum absolute atomic E-state index is 12.0. The SMILES string of the molecule is CC(C)(C#N)CNC(=O)CC1(CN)CCCCC1. The molecule has 0 heterocycles.